The summed E-state index contributed by atoms with van der Waals surface area (Å²) in [5.74, 6) is 1.10. The molecule has 3 aliphatic carbocycles. The summed E-state index contributed by atoms with van der Waals surface area (Å²) in [6.07, 6.45) is 11.5. The summed E-state index contributed by atoms with van der Waals surface area (Å²) in [5, 5.41) is 22.6. The van der Waals surface area contributed by atoms with Crippen molar-refractivity contribution < 1.29 is 4.79 Å². The van der Waals surface area contributed by atoms with Gasteiger partial charge in [0.25, 0.3) is 0 Å². The lowest BCUT2D eigenvalue weighted by molar-refractivity contribution is -0.134. The van der Waals surface area contributed by atoms with Gasteiger partial charge in [0.15, 0.2) is 5.65 Å². The van der Waals surface area contributed by atoms with Gasteiger partial charge in [-0.05, 0) is 66.5 Å². The van der Waals surface area contributed by atoms with Crippen LogP contribution in [0.2, 0.25) is 0 Å². The molecule has 8 nitrogen and oxygen atoms in total. The Morgan fingerprint density at radius 1 is 1.07 bits per heavy atom. The second-order valence-electron chi connectivity index (χ2n) is 9.55. The predicted octanol–water partition coefficient (Wildman–Crippen LogP) is 2.72. The van der Waals surface area contributed by atoms with Crippen molar-refractivity contribution in [2.24, 2.45) is 10.8 Å². The number of fused-ring (bicyclic) bond motifs is 1. The number of aromatic nitrogens is 5. The number of amides is 1. The normalized spacial score (nSPS) is 31.6. The maximum Gasteiger partial charge on any atom is 0.226 e. The summed E-state index contributed by atoms with van der Waals surface area (Å²) in [6.45, 7) is 2.17. The SMILES string of the molecule is CC1(C(=O)NC2CC3(C2)CC(Nc2ccc4nnnn4n2)C3)CCCCCC1. The topological polar surface area (TPSA) is 97.1 Å². The van der Waals surface area contributed by atoms with Crippen LogP contribution in [0.3, 0.4) is 0 Å². The molecule has 3 aliphatic rings. The minimum Gasteiger partial charge on any atom is -0.366 e. The van der Waals surface area contributed by atoms with Crippen LogP contribution in [-0.2, 0) is 4.79 Å². The third-order valence-electron chi connectivity index (χ3n) is 7.23. The smallest absolute Gasteiger partial charge is 0.226 e. The van der Waals surface area contributed by atoms with Crippen LogP contribution in [-0.4, -0.2) is 43.2 Å². The maximum absolute atomic E-state index is 12.8. The van der Waals surface area contributed by atoms with E-state index < -0.39 is 0 Å². The summed E-state index contributed by atoms with van der Waals surface area (Å²) >= 11 is 0. The number of rotatable bonds is 4. The third kappa shape index (κ3) is 3.22. The fourth-order valence-electron chi connectivity index (χ4n) is 5.54. The first-order valence-corrected chi connectivity index (χ1v) is 10.7. The van der Waals surface area contributed by atoms with E-state index in [0.717, 1.165) is 44.3 Å². The molecular formula is C20H29N7O. The molecule has 8 heteroatoms. The van der Waals surface area contributed by atoms with Gasteiger partial charge in [0.05, 0.1) is 0 Å². The summed E-state index contributed by atoms with van der Waals surface area (Å²) < 4.78 is 1.44. The van der Waals surface area contributed by atoms with E-state index in [4.69, 9.17) is 0 Å². The zero-order valence-electron chi connectivity index (χ0n) is 16.5. The van der Waals surface area contributed by atoms with Crippen LogP contribution in [0.4, 0.5) is 5.82 Å². The van der Waals surface area contributed by atoms with E-state index in [9.17, 15) is 4.79 Å². The van der Waals surface area contributed by atoms with Gasteiger partial charge in [0.1, 0.15) is 5.82 Å². The number of anilines is 1. The number of hydrogen-bond acceptors (Lipinski definition) is 6. The van der Waals surface area contributed by atoms with Gasteiger partial charge >= 0.3 is 0 Å². The van der Waals surface area contributed by atoms with Gasteiger partial charge in [-0.3, -0.25) is 4.79 Å². The number of carbonyl (C=O) groups is 1. The molecule has 1 spiro atoms. The first-order valence-electron chi connectivity index (χ1n) is 10.7. The first kappa shape index (κ1) is 17.8. The van der Waals surface area contributed by atoms with E-state index in [0.29, 0.717) is 29.1 Å². The van der Waals surface area contributed by atoms with Gasteiger partial charge in [0.2, 0.25) is 5.91 Å². The Bertz CT molecular complexity index is 856. The molecule has 2 heterocycles. The zero-order chi connectivity index (χ0) is 19.2. The number of nitrogens with one attached hydrogen (secondary N) is 2. The predicted molar refractivity (Wildman–Crippen MR) is 105 cm³/mol. The van der Waals surface area contributed by atoms with Crippen molar-refractivity contribution in [3.8, 4) is 0 Å². The molecule has 2 aromatic rings. The molecule has 2 N–H and O–H groups in total. The second-order valence-corrected chi connectivity index (χ2v) is 9.55. The molecule has 0 atom stereocenters. The van der Waals surface area contributed by atoms with Crippen molar-refractivity contribution >= 4 is 17.4 Å². The van der Waals surface area contributed by atoms with Crippen LogP contribution >= 0.6 is 0 Å². The Hall–Kier alpha value is -2.25. The van der Waals surface area contributed by atoms with Crippen LogP contribution in [0.15, 0.2) is 12.1 Å². The average Bonchev–Trinajstić information content (AvgIpc) is 2.97. The summed E-state index contributed by atoms with van der Waals surface area (Å²) in [4.78, 5) is 12.8. The monoisotopic (exact) mass is 383 g/mol. The first-order chi connectivity index (χ1) is 13.5. The summed E-state index contributed by atoms with van der Waals surface area (Å²) in [7, 11) is 0. The van der Waals surface area contributed by atoms with Gasteiger partial charge in [-0.1, -0.05) is 32.6 Å². The molecule has 3 fully saturated rings. The van der Waals surface area contributed by atoms with Crippen molar-refractivity contribution in [1.82, 2.24) is 30.6 Å². The molecule has 0 bridgehead atoms. The van der Waals surface area contributed by atoms with E-state index in [-0.39, 0.29) is 5.41 Å². The Kier molecular flexibility index (Phi) is 4.25. The van der Waals surface area contributed by atoms with E-state index in [2.05, 4.69) is 38.2 Å². The number of carbonyl (C=O) groups excluding carboxylic acids is 1. The minimum atomic E-state index is -0.149. The third-order valence-corrected chi connectivity index (χ3v) is 7.23. The van der Waals surface area contributed by atoms with Crippen molar-refractivity contribution in [2.75, 3.05) is 5.32 Å². The molecule has 0 saturated heterocycles. The average molecular weight is 384 g/mol. The maximum atomic E-state index is 12.8. The van der Waals surface area contributed by atoms with Gasteiger partial charge < -0.3 is 10.6 Å². The minimum absolute atomic E-state index is 0.149. The number of tetrazole rings is 1. The molecular weight excluding hydrogens is 354 g/mol. The van der Waals surface area contributed by atoms with Crippen molar-refractivity contribution in [1.29, 1.82) is 0 Å². The summed E-state index contributed by atoms with van der Waals surface area (Å²) in [5.41, 5.74) is 0.915. The van der Waals surface area contributed by atoms with Crippen LogP contribution in [0.5, 0.6) is 0 Å². The molecule has 0 unspecified atom stereocenters. The van der Waals surface area contributed by atoms with Crippen LogP contribution in [0, 0.1) is 10.8 Å². The number of nitrogens with zero attached hydrogens (tertiary/aromatic N) is 5. The summed E-state index contributed by atoms with van der Waals surface area (Å²) in [6, 6.07) is 4.60. The molecule has 0 aliphatic heterocycles. The lowest BCUT2D eigenvalue weighted by Crippen LogP contribution is -2.60. The molecule has 28 heavy (non-hydrogen) atoms. The van der Waals surface area contributed by atoms with Crippen LogP contribution in [0.25, 0.3) is 5.65 Å². The highest BCUT2D eigenvalue weighted by molar-refractivity contribution is 5.82. The standard InChI is InChI=1S/C20H29N7O/c1-19(8-4-2-3-5-9-19)18(28)22-15-12-20(13-15)10-14(11-20)21-16-6-7-17-23-25-26-27(17)24-16/h6-7,14-15H,2-5,8-13H2,1H3,(H,21,24)(H,22,28). The zero-order valence-corrected chi connectivity index (χ0v) is 16.5. The number of hydrogen-bond donors (Lipinski definition) is 2. The largest absolute Gasteiger partial charge is 0.366 e. The van der Waals surface area contributed by atoms with Crippen molar-refractivity contribution in [3.63, 3.8) is 0 Å². The van der Waals surface area contributed by atoms with Crippen molar-refractivity contribution in [2.45, 2.75) is 83.2 Å². The van der Waals surface area contributed by atoms with E-state index >= 15 is 0 Å². The van der Waals surface area contributed by atoms with Gasteiger partial charge in [0, 0.05) is 17.5 Å². The lowest BCUT2D eigenvalue weighted by Gasteiger charge is -2.58. The van der Waals surface area contributed by atoms with Crippen LogP contribution in [0.1, 0.15) is 71.1 Å². The Labute approximate surface area is 164 Å². The fourth-order valence-corrected chi connectivity index (χ4v) is 5.54. The highest BCUT2D eigenvalue weighted by atomic mass is 16.2. The van der Waals surface area contributed by atoms with E-state index in [1.807, 2.05) is 12.1 Å². The Morgan fingerprint density at radius 2 is 1.79 bits per heavy atom. The second kappa shape index (κ2) is 6.67. The van der Waals surface area contributed by atoms with Crippen molar-refractivity contribution in [3.05, 3.63) is 12.1 Å². The highest BCUT2D eigenvalue weighted by Crippen LogP contribution is 2.56. The molecule has 150 valence electrons. The quantitative estimate of drug-likeness (QED) is 0.788. The fraction of sp³-hybridized carbons (Fsp3) is 0.750. The molecule has 0 radical (unpaired) electrons. The van der Waals surface area contributed by atoms with E-state index in [1.54, 1.807) is 0 Å². The van der Waals surface area contributed by atoms with Gasteiger partial charge in [-0.2, -0.15) is 0 Å². The van der Waals surface area contributed by atoms with Crippen LogP contribution < -0.4 is 10.6 Å². The molecule has 1 amide bonds. The highest BCUT2D eigenvalue weighted by Gasteiger charge is 2.53. The molecule has 3 saturated carbocycles. The van der Waals surface area contributed by atoms with E-state index in [1.165, 1.54) is 30.3 Å². The lowest BCUT2D eigenvalue weighted by atomic mass is 9.52. The van der Waals surface area contributed by atoms with Gasteiger partial charge in [-0.15, -0.1) is 14.8 Å². The molecule has 2 aromatic heterocycles. The molecule has 0 aromatic carbocycles. The van der Waals surface area contributed by atoms with Gasteiger partial charge in [-0.25, -0.2) is 0 Å². The Morgan fingerprint density at radius 3 is 2.54 bits per heavy atom. The Balaban J connectivity index is 1.09. The molecule has 5 rings (SSSR count).